The summed E-state index contributed by atoms with van der Waals surface area (Å²) in [5, 5.41) is 9.23. The van der Waals surface area contributed by atoms with Crippen LogP contribution in [0.15, 0.2) is 47.4 Å². The van der Waals surface area contributed by atoms with Crippen LogP contribution in [0.2, 0.25) is 0 Å². The molecule has 0 aliphatic carbocycles. The number of piperidine rings is 1. The largest absolute Gasteiger partial charge is 0.457 e. The molecule has 4 rings (SSSR count). The van der Waals surface area contributed by atoms with Crippen molar-refractivity contribution in [1.29, 1.82) is 0 Å². The number of sulfone groups is 1. The van der Waals surface area contributed by atoms with Crippen molar-refractivity contribution in [3.63, 3.8) is 0 Å². The summed E-state index contributed by atoms with van der Waals surface area (Å²) in [7, 11) is -4.18. The van der Waals surface area contributed by atoms with Crippen LogP contribution in [0.4, 0.5) is 0 Å². The second-order valence-electron chi connectivity index (χ2n) is 7.53. The number of carbonyl (C=O) groups is 2. The van der Waals surface area contributed by atoms with Gasteiger partial charge >= 0.3 is 0 Å². The van der Waals surface area contributed by atoms with Crippen LogP contribution in [0.25, 0.3) is 0 Å². The molecule has 178 valence electrons. The number of benzene rings is 2. The number of nitrogens with one attached hydrogen (secondary N) is 1. The zero-order valence-electron chi connectivity index (χ0n) is 17.6. The molecule has 10 nitrogen and oxygen atoms in total. The molecular formula is C21H23ClN2O8S. The van der Waals surface area contributed by atoms with Crippen LogP contribution in [0.1, 0.15) is 19.8 Å². The molecule has 0 atom stereocenters. The van der Waals surface area contributed by atoms with Gasteiger partial charge in [0.25, 0.3) is 5.91 Å². The van der Waals surface area contributed by atoms with Gasteiger partial charge in [0.2, 0.25) is 12.7 Å². The Morgan fingerprint density at radius 3 is 2.24 bits per heavy atom. The van der Waals surface area contributed by atoms with E-state index in [4.69, 9.17) is 14.2 Å². The van der Waals surface area contributed by atoms with Gasteiger partial charge in [0.1, 0.15) is 11.5 Å². The predicted octanol–water partition coefficient (Wildman–Crippen LogP) is 2.29. The molecule has 0 unspecified atom stereocenters. The van der Waals surface area contributed by atoms with Crippen LogP contribution in [0.5, 0.6) is 23.0 Å². The van der Waals surface area contributed by atoms with Crippen LogP contribution in [-0.4, -0.2) is 55.0 Å². The number of hydrogen-bond donors (Lipinski definition) is 2. The van der Waals surface area contributed by atoms with Gasteiger partial charge in [0.05, 0.1) is 4.90 Å². The number of amides is 2. The van der Waals surface area contributed by atoms with Crippen molar-refractivity contribution in [2.75, 3.05) is 19.9 Å². The fourth-order valence-electron chi connectivity index (χ4n) is 3.89. The highest BCUT2D eigenvalue weighted by molar-refractivity contribution is 7.93. The average molecular weight is 499 g/mol. The van der Waals surface area contributed by atoms with Gasteiger partial charge in [0, 0.05) is 26.1 Å². The number of ether oxygens (including phenoxy) is 3. The van der Waals surface area contributed by atoms with E-state index in [0.717, 1.165) is 0 Å². The smallest absolute Gasteiger partial charge is 0.265 e. The maximum Gasteiger partial charge on any atom is 0.265 e. The highest BCUT2D eigenvalue weighted by atomic mass is 35.5. The summed E-state index contributed by atoms with van der Waals surface area (Å²) < 4.78 is 41.3. The molecular weight excluding hydrogens is 476 g/mol. The molecule has 1 fully saturated rings. The van der Waals surface area contributed by atoms with Crippen molar-refractivity contribution in [2.24, 2.45) is 0 Å². The van der Waals surface area contributed by atoms with Gasteiger partial charge in [-0.2, -0.15) is 0 Å². The van der Waals surface area contributed by atoms with Gasteiger partial charge < -0.3 is 19.1 Å². The topological polar surface area (TPSA) is 131 Å². The Morgan fingerprint density at radius 2 is 1.64 bits per heavy atom. The van der Waals surface area contributed by atoms with E-state index in [0.29, 0.717) is 23.0 Å². The summed E-state index contributed by atoms with van der Waals surface area (Å²) in [6.07, 6.45) is -0.256. The molecule has 2 aromatic carbocycles. The lowest BCUT2D eigenvalue weighted by molar-refractivity contribution is -0.136. The quantitative estimate of drug-likeness (QED) is 0.474. The first-order valence-corrected chi connectivity index (χ1v) is 11.4. The van der Waals surface area contributed by atoms with Crippen molar-refractivity contribution in [3.8, 4) is 23.0 Å². The van der Waals surface area contributed by atoms with Crippen LogP contribution in [-0.2, 0) is 19.4 Å². The highest BCUT2D eigenvalue weighted by Gasteiger charge is 2.53. The molecule has 33 heavy (non-hydrogen) atoms. The average Bonchev–Trinajstić information content (AvgIpc) is 3.26. The van der Waals surface area contributed by atoms with E-state index in [1.54, 1.807) is 18.2 Å². The van der Waals surface area contributed by atoms with E-state index in [-0.39, 0.29) is 55.9 Å². The Labute approximate surface area is 196 Å². The normalized spacial score (nSPS) is 16.5. The molecule has 0 radical (unpaired) electrons. The molecule has 0 spiro atoms. The number of nitrogens with zero attached hydrogens (tertiary/aromatic N) is 1. The number of hydroxylamine groups is 1. The molecule has 12 heteroatoms. The van der Waals surface area contributed by atoms with Gasteiger partial charge in [0.15, 0.2) is 26.1 Å². The molecule has 0 bridgehead atoms. The SMILES string of the molecule is CC(=O)N1CCC(C(=O)NO)(S(=O)(=O)c2ccc(Oc3ccc4c(c3)OCO4)cc2)CC1.Cl. The van der Waals surface area contributed by atoms with Crippen LogP contribution >= 0.6 is 12.4 Å². The standard InChI is InChI=1S/C21H22N2O8S.ClH/c1-14(24)23-10-8-21(9-11-23,20(25)22-26)32(27,28)17-5-2-15(3-6-17)31-16-4-7-18-19(12-16)30-13-29-18;/h2-7,12,26H,8-11,13H2,1H3,(H,22,25);1H. The summed E-state index contributed by atoms with van der Waals surface area (Å²) in [5.41, 5.74) is 1.49. The zero-order valence-corrected chi connectivity index (χ0v) is 19.3. The van der Waals surface area contributed by atoms with Crippen molar-refractivity contribution in [3.05, 3.63) is 42.5 Å². The maximum absolute atomic E-state index is 13.4. The summed E-state index contributed by atoms with van der Waals surface area (Å²) in [6, 6.07) is 10.7. The van der Waals surface area contributed by atoms with Gasteiger partial charge in [-0.05, 0) is 49.2 Å². The molecule has 2 amide bonds. The number of hydrogen-bond acceptors (Lipinski definition) is 8. The third-order valence-electron chi connectivity index (χ3n) is 5.76. The number of halogens is 1. The lowest BCUT2D eigenvalue weighted by Crippen LogP contribution is -2.58. The van der Waals surface area contributed by atoms with E-state index in [1.165, 1.54) is 41.6 Å². The summed E-state index contributed by atoms with van der Waals surface area (Å²) in [4.78, 5) is 25.5. The lowest BCUT2D eigenvalue weighted by atomic mass is 9.95. The van der Waals surface area contributed by atoms with E-state index in [2.05, 4.69) is 0 Å². The van der Waals surface area contributed by atoms with Gasteiger partial charge in [-0.15, -0.1) is 12.4 Å². The Bertz CT molecular complexity index is 1150. The fraction of sp³-hybridized carbons (Fsp3) is 0.333. The third-order valence-corrected chi connectivity index (χ3v) is 8.28. The maximum atomic E-state index is 13.4. The lowest BCUT2D eigenvalue weighted by Gasteiger charge is -2.39. The second kappa shape index (κ2) is 9.46. The Kier molecular flexibility index (Phi) is 7.06. The van der Waals surface area contributed by atoms with Gasteiger partial charge in [-0.25, -0.2) is 13.9 Å². The van der Waals surface area contributed by atoms with Crippen molar-refractivity contribution < 1.29 is 37.4 Å². The first-order valence-electron chi connectivity index (χ1n) is 9.89. The summed E-state index contributed by atoms with van der Waals surface area (Å²) in [6.45, 7) is 1.70. The Balaban J connectivity index is 0.00000306. The highest BCUT2D eigenvalue weighted by Crippen LogP contribution is 2.38. The minimum Gasteiger partial charge on any atom is -0.457 e. The third kappa shape index (κ3) is 4.43. The van der Waals surface area contributed by atoms with E-state index < -0.39 is 20.5 Å². The first-order chi connectivity index (χ1) is 15.3. The Morgan fingerprint density at radius 1 is 1.03 bits per heavy atom. The van der Waals surface area contributed by atoms with Crippen molar-refractivity contribution >= 4 is 34.1 Å². The molecule has 2 aliphatic heterocycles. The fourth-order valence-corrected chi connectivity index (χ4v) is 5.85. The second-order valence-corrected chi connectivity index (χ2v) is 9.79. The molecule has 1 saturated heterocycles. The van der Waals surface area contributed by atoms with E-state index >= 15 is 0 Å². The van der Waals surface area contributed by atoms with E-state index in [9.17, 15) is 23.2 Å². The monoisotopic (exact) mass is 498 g/mol. The first kappa shape index (κ1) is 24.6. The zero-order chi connectivity index (χ0) is 22.9. The molecule has 2 aliphatic rings. The number of carbonyl (C=O) groups excluding carboxylic acids is 2. The van der Waals surface area contributed by atoms with Crippen molar-refractivity contribution in [2.45, 2.75) is 29.4 Å². The predicted molar refractivity (Wildman–Crippen MR) is 118 cm³/mol. The van der Waals surface area contributed by atoms with Crippen LogP contribution < -0.4 is 19.7 Å². The minimum atomic E-state index is -4.18. The van der Waals surface area contributed by atoms with Crippen LogP contribution in [0, 0.1) is 0 Å². The van der Waals surface area contributed by atoms with E-state index in [1.807, 2.05) is 0 Å². The number of rotatable bonds is 5. The number of fused-ring (bicyclic) bond motifs is 1. The number of likely N-dealkylation sites (tertiary alicyclic amines) is 1. The van der Waals surface area contributed by atoms with Gasteiger partial charge in [-0.3, -0.25) is 14.8 Å². The summed E-state index contributed by atoms with van der Waals surface area (Å²) >= 11 is 0. The minimum absolute atomic E-state index is 0. The molecule has 0 saturated carbocycles. The molecule has 2 N–H and O–H groups in total. The van der Waals surface area contributed by atoms with Gasteiger partial charge in [-0.1, -0.05) is 0 Å². The van der Waals surface area contributed by atoms with Crippen molar-refractivity contribution in [1.82, 2.24) is 10.4 Å². The summed E-state index contributed by atoms with van der Waals surface area (Å²) in [5.74, 6) is 0.817. The van der Waals surface area contributed by atoms with Crippen LogP contribution in [0.3, 0.4) is 0 Å². The molecule has 0 aromatic heterocycles. The Hall–Kier alpha value is -3.02. The molecule has 2 heterocycles. The molecule has 2 aromatic rings.